The standard InChI is InChI=1S/C23H27NO3/c1-23(2)26-18-22(27-23)14-13-21(25)17-24(15-19-9-5-3-6-10-19)16-20-11-7-4-8-12-20/h3-12,21-22,25H,15-18H2,1-2H3/t21-,22+/m0/s1. The highest BCUT2D eigenvalue weighted by molar-refractivity contribution is 5.18. The fourth-order valence-electron chi connectivity index (χ4n) is 3.11. The predicted octanol–water partition coefficient (Wildman–Crippen LogP) is 3.20. The Balaban J connectivity index is 1.63. The van der Waals surface area contributed by atoms with Crippen molar-refractivity contribution in [1.29, 1.82) is 0 Å². The van der Waals surface area contributed by atoms with Crippen LogP contribution >= 0.6 is 0 Å². The number of nitrogens with zero attached hydrogens (tertiary/aromatic N) is 1. The van der Waals surface area contributed by atoms with Crippen LogP contribution in [0, 0.1) is 11.8 Å². The lowest BCUT2D eigenvalue weighted by atomic mass is 10.1. The van der Waals surface area contributed by atoms with Gasteiger partial charge in [0.05, 0.1) is 6.61 Å². The lowest BCUT2D eigenvalue weighted by Gasteiger charge is -2.23. The van der Waals surface area contributed by atoms with E-state index in [1.165, 1.54) is 11.1 Å². The van der Waals surface area contributed by atoms with Crippen molar-refractivity contribution in [3.8, 4) is 11.8 Å². The average Bonchev–Trinajstić information content (AvgIpc) is 3.00. The molecule has 0 radical (unpaired) electrons. The molecule has 4 heteroatoms. The Morgan fingerprint density at radius 2 is 1.59 bits per heavy atom. The summed E-state index contributed by atoms with van der Waals surface area (Å²) in [5, 5.41) is 10.5. The first-order chi connectivity index (χ1) is 13.0. The molecule has 1 saturated heterocycles. The summed E-state index contributed by atoms with van der Waals surface area (Å²) in [5.74, 6) is 5.32. The molecular formula is C23H27NO3. The normalized spacial score (nSPS) is 19.5. The van der Waals surface area contributed by atoms with E-state index in [-0.39, 0.29) is 6.10 Å². The molecular weight excluding hydrogens is 338 g/mol. The van der Waals surface area contributed by atoms with Crippen LogP contribution in [0.3, 0.4) is 0 Å². The number of hydrogen-bond donors (Lipinski definition) is 1. The van der Waals surface area contributed by atoms with E-state index in [0.29, 0.717) is 13.2 Å². The number of ether oxygens (including phenoxy) is 2. The van der Waals surface area contributed by atoms with Gasteiger partial charge in [-0.1, -0.05) is 72.5 Å². The average molecular weight is 365 g/mol. The van der Waals surface area contributed by atoms with E-state index in [9.17, 15) is 5.11 Å². The molecule has 1 fully saturated rings. The lowest BCUT2D eigenvalue weighted by Crippen LogP contribution is -2.31. The first-order valence-corrected chi connectivity index (χ1v) is 9.31. The maximum atomic E-state index is 10.5. The van der Waals surface area contributed by atoms with Crippen LogP contribution in [0.25, 0.3) is 0 Å². The van der Waals surface area contributed by atoms with Crippen molar-refractivity contribution in [3.63, 3.8) is 0 Å². The maximum Gasteiger partial charge on any atom is 0.164 e. The Labute approximate surface area is 161 Å². The molecule has 1 aliphatic rings. The molecule has 1 aliphatic heterocycles. The Kier molecular flexibility index (Phi) is 6.65. The van der Waals surface area contributed by atoms with E-state index in [1.807, 2.05) is 50.2 Å². The van der Waals surface area contributed by atoms with Crippen LogP contribution in [0.1, 0.15) is 25.0 Å². The van der Waals surface area contributed by atoms with Crippen molar-refractivity contribution < 1.29 is 14.6 Å². The molecule has 27 heavy (non-hydrogen) atoms. The van der Waals surface area contributed by atoms with Crippen LogP contribution in [0.5, 0.6) is 0 Å². The summed E-state index contributed by atoms with van der Waals surface area (Å²) >= 11 is 0. The fraction of sp³-hybridized carbons (Fsp3) is 0.391. The Morgan fingerprint density at radius 1 is 1.04 bits per heavy atom. The molecule has 142 valence electrons. The zero-order chi connectivity index (χ0) is 19.1. The van der Waals surface area contributed by atoms with Crippen LogP contribution in [0.15, 0.2) is 60.7 Å². The second kappa shape index (κ2) is 9.16. The molecule has 0 aromatic heterocycles. The van der Waals surface area contributed by atoms with Crippen LogP contribution in [0.2, 0.25) is 0 Å². The van der Waals surface area contributed by atoms with Gasteiger partial charge in [0.25, 0.3) is 0 Å². The zero-order valence-corrected chi connectivity index (χ0v) is 16.0. The van der Waals surface area contributed by atoms with Gasteiger partial charge >= 0.3 is 0 Å². The van der Waals surface area contributed by atoms with Crippen LogP contribution < -0.4 is 0 Å². The zero-order valence-electron chi connectivity index (χ0n) is 16.0. The van der Waals surface area contributed by atoms with Gasteiger partial charge in [0, 0.05) is 19.6 Å². The van der Waals surface area contributed by atoms with Crippen molar-refractivity contribution in [2.75, 3.05) is 13.2 Å². The molecule has 0 bridgehead atoms. The molecule has 3 rings (SSSR count). The monoisotopic (exact) mass is 365 g/mol. The third-order valence-electron chi connectivity index (χ3n) is 4.35. The van der Waals surface area contributed by atoms with E-state index in [1.54, 1.807) is 0 Å². The minimum atomic E-state index is -0.746. The third-order valence-corrected chi connectivity index (χ3v) is 4.35. The van der Waals surface area contributed by atoms with Gasteiger partial charge in [-0.05, 0) is 25.0 Å². The fourth-order valence-corrected chi connectivity index (χ4v) is 3.11. The highest BCUT2D eigenvalue weighted by Gasteiger charge is 2.31. The second-order valence-electron chi connectivity index (χ2n) is 7.26. The molecule has 2 atom stereocenters. The first kappa shape index (κ1) is 19.6. The SMILES string of the molecule is CC1(C)OC[C@@H](C#C[C@H](O)CN(Cc2ccccc2)Cc2ccccc2)O1. The Morgan fingerprint density at radius 3 is 2.07 bits per heavy atom. The molecule has 1 heterocycles. The predicted molar refractivity (Wildman–Crippen MR) is 106 cm³/mol. The highest BCUT2D eigenvalue weighted by atomic mass is 16.7. The van der Waals surface area contributed by atoms with Crippen molar-refractivity contribution in [1.82, 2.24) is 4.90 Å². The molecule has 4 nitrogen and oxygen atoms in total. The molecule has 0 saturated carbocycles. The molecule has 0 unspecified atom stereocenters. The largest absolute Gasteiger partial charge is 0.379 e. The summed E-state index contributed by atoms with van der Waals surface area (Å²) in [4.78, 5) is 2.21. The lowest BCUT2D eigenvalue weighted by molar-refractivity contribution is -0.132. The van der Waals surface area contributed by atoms with Gasteiger partial charge in [0.1, 0.15) is 12.2 Å². The summed E-state index contributed by atoms with van der Waals surface area (Å²) < 4.78 is 11.2. The molecule has 0 spiro atoms. The Hall–Kier alpha value is -2.16. The minimum absolute atomic E-state index is 0.286. The van der Waals surface area contributed by atoms with Gasteiger partial charge in [-0.3, -0.25) is 4.90 Å². The van der Waals surface area contributed by atoms with Gasteiger partial charge < -0.3 is 14.6 Å². The number of benzene rings is 2. The van der Waals surface area contributed by atoms with Crippen molar-refractivity contribution in [3.05, 3.63) is 71.8 Å². The van der Waals surface area contributed by atoms with Crippen molar-refractivity contribution in [2.45, 2.75) is 44.9 Å². The van der Waals surface area contributed by atoms with Gasteiger partial charge in [0.2, 0.25) is 0 Å². The molecule has 0 amide bonds. The summed E-state index contributed by atoms with van der Waals surface area (Å²) in [5.41, 5.74) is 2.42. The van der Waals surface area contributed by atoms with E-state index in [0.717, 1.165) is 13.1 Å². The third kappa shape index (κ3) is 6.50. The molecule has 2 aromatic carbocycles. The van der Waals surface area contributed by atoms with Crippen molar-refractivity contribution in [2.24, 2.45) is 0 Å². The number of rotatable bonds is 6. The van der Waals surface area contributed by atoms with E-state index in [4.69, 9.17) is 9.47 Å². The maximum absolute atomic E-state index is 10.5. The minimum Gasteiger partial charge on any atom is -0.379 e. The topological polar surface area (TPSA) is 41.9 Å². The molecule has 0 aliphatic carbocycles. The van der Waals surface area contributed by atoms with Crippen LogP contribution in [-0.2, 0) is 22.6 Å². The Bertz CT molecular complexity index is 723. The van der Waals surface area contributed by atoms with Crippen LogP contribution in [0.4, 0.5) is 0 Å². The quantitative estimate of drug-likeness (QED) is 0.799. The van der Waals surface area contributed by atoms with Gasteiger partial charge in [-0.15, -0.1) is 0 Å². The molecule has 2 aromatic rings. The van der Waals surface area contributed by atoms with Gasteiger partial charge in [-0.2, -0.15) is 0 Å². The number of aliphatic hydroxyl groups excluding tert-OH is 1. The number of hydrogen-bond acceptors (Lipinski definition) is 4. The highest BCUT2D eigenvalue weighted by Crippen LogP contribution is 2.21. The smallest absolute Gasteiger partial charge is 0.164 e. The summed E-state index contributed by atoms with van der Waals surface area (Å²) in [6.45, 7) is 6.15. The first-order valence-electron chi connectivity index (χ1n) is 9.31. The summed E-state index contributed by atoms with van der Waals surface area (Å²) in [7, 11) is 0. The van der Waals surface area contributed by atoms with E-state index >= 15 is 0 Å². The summed E-state index contributed by atoms with van der Waals surface area (Å²) in [6.07, 6.45) is -1.03. The number of aliphatic hydroxyl groups is 1. The van der Waals surface area contributed by atoms with Crippen molar-refractivity contribution >= 4 is 0 Å². The second-order valence-corrected chi connectivity index (χ2v) is 7.26. The van der Waals surface area contributed by atoms with E-state index < -0.39 is 11.9 Å². The van der Waals surface area contributed by atoms with Crippen LogP contribution in [-0.4, -0.2) is 41.2 Å². The van der Waals surface area contributed by atoms with E-state index in [2.05, 4.69) is 41.0 Å². The molecule has 1 N–H and O–H groups in total. The van der Waals surface area contributed by atoms with Gasteiger partial charge in [0.15, 0.2) is 5.79 Å². The van der Waals surface area contributed by atoms with Gasteiger partial charge in [-0.25, -0.2) is 0 Å². The summed E-state index contributed by atoms with van der Waals surface area (Å²) in [6, 6.07) is 20.5.